The summed E-state index contributed by atoms with van der Waals surface area (Å²) < 4.78 is 10.8. The third kappa shape index (κ3) is 3.89. The van der Waals surface area contributed by atoms with Gasteiger partial charge in [0.1, 0.15) is 11.4 Å². The highest BCUT2D eigenvalue weighted by Gasteiger charge is 2.23. The fraction of sp³-hybridized carbons (Fsp3) is 0.273. The number of urea groups is 1. The van der Waals surface area contributed by atoms with Crippen LogP contribution >= 0.6 is 0 Å². The lowest BCUT2D eigenvalue weighted by atomic mass is 10.2. The Labute approximate surface area is 169 Å². The molecule has 2 heterocycles. The van der Waals surface area contributed by atoms with E-state index in [0.29, 0.717) is 24.7 Å². The number of hydrogen-bond acceptors (Lipinski definition) is 5. The molecule has 0 atom stereocenters. The van der Waals surface area contributed by atoms with E-state index in [1.54, 1.807) is 19.1 Å². The fourth-order valence-corrected chi connectivity index (χ4v) is 3.58. The summed E-state index contributed by atoms with van der Waals surface area (Å²) in [6.07, 6.45) is 0. The molecule has 7 heteroatoms. The quantitative estimate of drug-likeness (QED) is 0.735. The molecule has 0 radical (unpaired) electrons. The molecule has 0 aliphatic carbocycles. The zero-order valence-electron chi connectivity index (χ0n) is 16.6. The summed E-state index contributed by atoms with van der Waals surface area (Å²) in [7, 11) is 3.23. The lowest BCUT2D eigenvalue weighted by Crippen LogP contribution is -2.50. The van der Waals surface area contributed by atoms with Crippen LogP contribution in [0.25, 0.3) is 10.9 Å². The molecule has 2 aromatic carbocycles. The molecule has 4 rings (SSSR count). The van der Waals surface area contributed by atoms with Crippen molar-refractivity contribution in [1.82, 2.24) is 9.88 Å². The van der Waals surface area contributed by atoms with Gasteiger partial charge in [-0.1, -0.05) is 30.3 Å². The third-order valence-corrected chi connectivity index (χ3v) is 5.12. The lowest BCUT2D eigenvalue weighted by Gasteiger charge is -2.36. The summed E-state index contributed by atoms with van der Waals surface area (Å²) in [6.45, 7) is 2.71. The Balaban J connectivity index is 1.45. The number of carbonyl (C=O) groups excluding carboxylic acids is 1. The van der Waals surface area contributed by atoms with Crippen LogP contribution < -0.4 is 19.7 Å². The van der Waals surface area contributed by atoms with Crippen LogP contribution in [-0.2, 0) is 0 Å². The molecular weight excluding hydrogens is 368 g/mol. The minimum Gasteiger partial charge on any atom is -0.495 e. The standard InChI is InChI=1S/C22H24N4O3/c1-28-20-10-6-5-9-19(20)25-11-13-26(14-12-25)22(27)24-18-15-16-7-3-4-8-17(16)23-21(18)29-2/h3-10,15H,11-14H2,1-2H3,(H,24,27). The van der Waals surface area contributed by atoms with Gasteiger partial charge in [-0.25, -0.2) is 9.78 Å². The molecule has 0 spiro atoms. The van der Waals surface area contributed by atoms with Crippen molar-refractivity contribution in [2.45, 2.75) is 0 Å². The lowest BCUT2D eigenvalue weighted by molar-refractivity contribution is 0.208. The number of fused-ring (bicyclic) bond motifs is 1. The smallest absolute Gasteiger partial charge is 0.322 e. The predicted molar refractivity (Wildman–Crippen MR) is 114 cm³/mol. The summed E-state index contributed by atoms with van der Waals surface area (Å²) in [4.78, 5) is 21.4. The summed E-state index contributed by atoms with van der Waals surface area (Å²) in [5, 5.41) is 3.91. The monoisotopic (exact) mass is 392 g/mol. The van der Waals surface area contributed by atoms with Gasteiger partial charge >= 0.3 is 6.03 Å². The number of nitrogens with one attached hydrogen (secondary N) is 1. The molecular formula is C22H24N4O3. The number of pyridine rings is 1. The van der Waals surface area contributed by atoms with E-state index >= 15 is 0 Å². The SMILES string of the molecule is COc1ccccc1N1CCN(C(=O)Nc2cc3ccccc3nc2OC)CC1. The third-order valence-electron chi connectivity index (χ3n) is 5.12. The van der Waals surface area contributed by atoms with E-state index in [4.69, 9.17) is 9.47 Å². The van der Waals surface area contributed by atoms with Crippen molar-refractivity contribution in [3.63, 3.8) is 0 Å². The number of hydrogen-bond donors (Lipinski definition) is 1. The Kier molecular flexibility index (Phi) is 5.37. The highest BCUT2D eigenvalue weighted by Crippen LogP contribution is 2.29. The molecule has 0 saturated carbocycles. The zero-order chi connectivity index (χ0) is 20.2. The van der Waals surface area contributed by atoms with Crippen LogP contribution in [0.3, 0.4) is 0 Å². The van der Waals surface area contributed by atoms with E-state index in [2.05, 4.69) is 15.2 Å². The Morgan fingerprint density at radius 3 is 2.45 bits per heavy atom. The highest BCUT2D eigenvalue weighted by atomic mass is 16.5. The van der Waals surface area contributed by atoms with Crippen molar-refractivity contribution >= 4 is 28.3 Å². The van der Waals surface area contributed by atoms with Crippen molar-refractivity contribution in [2.75, 3.05) is 50.6 Å². The van der Waals surface area contributed by atoms with E-state index < -0.39 is 0 Å². The van der Waals surface area contributed by atoms with Crippen molar-refractivity contribution < 1.29 is 14.3 Å². The van der Waals surface area contributed by atoms with Gasteiger partial charge in [0, 0.05) is 31.6 Å². The van der Waals surface area contributed by atoms with E-state index in [9.17, 15) is 4.79 Å². The van der Waals surface area contributed by atoms with Crippen molar-refractivity contribution in [2.24, 2.45) is 0 Å². The van der Waals surface area contributed by atoms with Gasteiger partial charge in [-0.3, -0.25) is 0 Å². The van der Waals surface area contributed by atoms with Crippen LogP contribution in [0.1, 0.15) is 0 Å². The molecule has 0 unspecified atom stereocenters. The molecule has 3 aromatic rings. The number of benzene rings is 2. The average molecular weight is 392 g/mol. The van der Waals surface area contributed by atoms with E-state index in [0.717, 1.165) is 35.4 Å². The van der Waals surface area contributed by atoms with Gasteiger partial charge in [-0.2, -0.15) is 0 Å². The number of rotatable bonds is 4. The van der Waals surface area contributed by atoms with Gasteiger partial charge in [0.2, 0.25) is 5.88 Å². The van der Waals surface area contributed by atoms with Gasteiger partial charge in [0.25, 0.3) is 0 Å². The van der Waals surface area contributed by atoms with Gasteiger partial charge in [-0.05, 0) is 24.3 Å². The largest absolute Gasteiger partial charge is 0.495 e. The Morgan fingerprint density at radius 1 is 0.966 bits per heavy atom. The number of amides is 2. The highest BCUT2D eigenvalue weighted by molar-refractivity contribution is 5.94. The van der Waals surface area contributed by atoms with Gasteiger partial charge in [-0.15, -0.1) is 0 Å². The molecule has 1 aliphatic heterocycles. The molecule has 7 nitrogen and oxygen atoms in total. The van der Waals surface area contributed by atoms with Gasteiger partial charge in [0.15, 0.2) is 0 Å². The molecule has 1 fully saturated rings. The number of aromatic nitrogens is 1. The zero-order valence-corrected chi connectivity index (χ0v) is 16.6. The number of anilines is 2. The number of para-hydroxylation sites is 3. The van der Waals surface area contributed by atoms with Crippen LogP contribution in [0.4, 0.5) is 16.2 Å². The predicted octanol–water partition coefficient (Wildman–Crippen LogP) is 3.61. The molecule has 1 aromatic heterocycles. The van der Waals surface area contributed by atoms with Crippen LogP contribution in [0.5, 0.6) is 11.6 Å². The molecule has 1 saturated heterocycles. The van der Waals surface area contributed by atoms with Gasteiger partial charge in [0.05, 0.1) is 25.4 Å². The summed E-state index contributed by atoms with van der Waals surface area (Å²) in [5.41, 5.74) is 2.45. The van der Waals surface area contributed by atoms with Crippen LogP contribution in [0.2, 0.25) is 0 Å². The fourth-order valence-electron chi connectivity index (χ4n) is 3.58. The second kappa shape index (κ2) is 8.26. The second-order valence-corrected chi connectivity index (χ2v) is 6.81. The number of piperazine rings is 1. The number of carbonyl (C=O) groups is 1. The molecule has 2 amide bonds. The maximum absolute atomic E-state index is 12.8. The number of methoxy groups -OCH3 is 2. The number of ether oxygens (including phenoxy) is 2. The average Bonchev–Trinajstić information content (AvgIpc) is 2.78. The first-order valence-electron chi connectivity index (χ1n) is 9.57. The minimum atomic E-state index is -0.153. The molecule has 150 valence electrons. The molecule has 1 aliphatic rings. The van der Waals surface area contributed by atoms with Crippen molar-refractivity contribution in [3.05, 3.63) is 54.6 Å². The maximum Gasteiger partial charge on any atom is 0.322 e. The Hall–Kier alpha value is -3.48. The molecule has 1 N–H and O–H groups in total. The first-order chi connectivity index (χ1) is 14.2. The van der Waals surface area contributed by atoms with Crippen LogP contribution in [0.15, 0.2) is 54.6 Å². The minimum absolute atomic E-state index is 0.153. The number of nitrogens with zero attached hydrogens (tertiary/aromatic N) is 3. The van der Waals surface area contributed by atoms with Crippen LogP contribution in [0, 0.1) is 0 Å². The van der Waals surface area contributed by atoms with E-state index in [-0.39, 0.29) is 6.03 Å². The first-order valence-corrected chi connectivity index (χ1v) is 9.57. The first kappa shape index (κ1) is 18.9. The molecule has 29 heavy (non-hydrogen) atoms. The summed E-state index contributed by atoms with van der Waals surface area (Å²) in [5.74, 6) is 1.25. The normalized spacial score (nSPS) is 14.0. The summed E-state index contributed by atoms with van der Waals surface area (Å²) in [6, 6.07) is 17.4. The van der Waals surface area contributed by atoms with Crippen LogP contribution in [-0.4, -0.2) is 56.3 Å². The van der Waals surface area contributed by atoms with Gasteiger partial charge < -0.3 is 24.6 Å². The summed E-state index contributed by atoms with van der Waals surface area (Å²) >= 11 is 0. The Bertz CT molecular complexity index is 1020. The van der Waals surface area contributed by atoms with Crippen molar-refractivity contribution in [3.8, 4) is 11.6 Å². The topological polar surface area (TPSA) is 66.9 Å². The van der Waals surface area contributed by atoms with E-state index in [1.165, 1.54) is 0 Å². The second-order valence-electron chi connectivity index (χ2n) is 6.81. The maximum atomic E-state index is 12.8. The Morgan fingerprint density at radius 2 is 1.69 bits per heavy atom. The molecule has 0 bridgehead atoms. The van der Waals surface area contributed by atoms with Crippen molar-refractivity contribution in [1.29, 1.82) is 0 Å². The van der Waals surface area contributed by atoms with E-state index in [1.807, 2.05) is 54.6 Å².